The summed E-state index contributed by atoms with van der Waals surface area (Å²) in [6.07, 6.45) is 8.29. The van der Waals surface area contributed by atoms with Crippen molar-refractivity contribution in [2.75, 3.05) is 39.3 Å². The fourth-order valence-electron chi connectivity index (χ4n) is 4.32. The summed E-state index contributed by atoms with van der Waals surface area (Å²) in [7, 11) is 0. The summed E-state index contributed by atoms with van der Waals surface area (Å²) in [5.74, 6) is 0.0614. The summed E-state index contributed by atoms with van der Waals surface area (Å²) in [6.45, 7) is 5.22. The zero-order valence-corrected chi connectivity index (χ0v) is 18.9. The number of aromatic nitrogens is 2. The SMILES string of the molecule is O=C(/C=C/c1cn(-c2ccccc2)nc1-c1cccs1)N1CCN(C[C@H]2CCCO2)CC1. The number of thiophene rings is 1. The van der Waals surface area contributed by atoms with Crippen LogP contribution >= 0.6 is 11.3 Å². The lowest BCUT2D eigenvalue weighted by Gasteiger charge is -2.35. The van der Waals surface area contributed by atoms with Crippen molar-refractivity contribution in [3.05, 3.63) is 65.7 Å². The molecule has 0 unspecified atom stereocenters. The number of hydrogen-bond acceptors (Lipinski definition) is 5. The van der Waals surface area contributed by atoms with Gasteiger partial charge in [-0.15, -0.1) is 11.3 Å². The summed E-state index contributed by atoms with van der Waals surface area (Å²) >= 11 is 1.65. The second-order valence-electron chi connectivity index (χ2n) is 8.28. The number of amides is 1. The zero-order valence-electron chi connectivity index (χ0n) is 18.1. The molecular weight excluding hydrogens is 420 g/mol. The van der Waals surface area contributed by atoms with Gasteiger partial charge in [0.2, 0.25) is 5.91 Å². The van der Waals surface area contributed by atoms with Crippen molar-refractivity contribution in [1.82, 2.24) is 19.6 Å². The number of para-hydroxylation sites is 1. The lowest BCUT2D eigenvalue weighted by Crippen LogP contribution is -2.50. The van der Waals surface area contributed by atoms with Crippen LogP contribution in [0.25, 0.3) is 22.3 Å². The smallest absolute Gasteiger partial charge is 0.246 e. The quantitative estimate of drug-likeness (QED) is 0.536. The molecule has 4 heterocycles. The molecular formula is C25H28N4O2S. The fourth-order valence-corrected chi connectivity index (χ4v) is 5.05. The van der Waals surface area contributed by atoms with Crippen LogP contribution in [0.3, 0.4) is 0 Å². The molecule has 166 valence electrons. The Bertz CT molecular complexity index is 1050. The largest absolute Gasteiger partial charge is 0.377 e. The third-order valence-corrected chi connectivity index (χ3v) is 6.97. The van der Waals surface area contributed by atoms with Gasteiger partial charge in [0.05, 0.1) is 16.7 Å². The van der Waals surface area contributed by atoms with Crippen LogP contribution in [-0.4, -0.2) is 70.9 Å². The van der Waals surface area contributed by atoms with E-state index >= 15 is 0 Å². The Morgan fingerprint density at radius 1 is 1.12 bits per heavy atom. The maximum absolute atomic E-state index is 12.9. The van der Waals surface area contributed by atoms with Gasteiger partial charge in [0, 0.05) is 57.2 Å². The topological polar surface area (TPSA) is 50.6 Å². The minimum absolute atomic E-state index is 0.0614. The van der Waals surface area contributed by atoms with Crippen molar-refractivity contribution in [2.24, 2.45) is 0 Å². The first-order valence-electron chi connectivity index (χ1n) is 11.3. The van der Waals surface area contributed by atoms with Gasteiger partial charge >= 0.3 is 0 Å². The number of ether oxygens (including phenoxy) is 1. The first-order valence-corrected chi connectivity index (χ1v) is 12.1. The Kier molecular flexibility index (Phi) is 6.48. The number of hydrogen-bond donors (Lipinski definition) is 0. The van der Waals surface area contributed by atoms with Crippen molar-refractivity contribution in [2.45, 2.75) is 18.9 Å². The molecule has 32 heavy (non-hydrogen) atoms. The van der Waals surface area contributed by atoms with Gasteiger partial charge < -0.3 is 9.64 Å². The Hall–Kier alpha value is -2.74. The molecule has 0 bridgehead atoms. The number of carbonyl (C=O) groups excluding carboxylic acids is 1. The van der Waals surface area contributed by atoms with E-state index in [-0.39, 0.29) is 5.91 Å². The van der Waals surface area contributed by atoms with Gasteiger partial charge in [-0.05, 0) is 42.5 Å². The molecule has 0 spiro atoms. The van der Waals surface area contributed by atoms with Crippen molar-refractivity contribution in [1.29, 1.82) is 0 Å². The third-order valence-electron chi connectivity index (χ3n) is 6.09. The van der Waals surface area contributed by atoms with Gasteiger partial charge in [-0.1, -0.05) is 24.3 Å². The molecule has 1 aromatic carbocycles. The number of carbonyl (C=O) groups is 1. The third kappa shape index (κ3) is 4.85. The average Bonchev–Trinajstić information content (AvgIpc) is 3.60. The molecule has 0 saturated carbocycles. The second kappa shape index (κ2) is 9.81. The van der Waals surface area contributed by atoms with Crippen molar-refractivity contribution in [3.63, 3.8) is 0 Å². The Morgan fingerprint density at radius 3 is 2.69 bits per heavy atom. The maximum atomic E-state index is 12.9. The second-order valence-corrected chi connectivity index (χ2v) is 9.23. The lowest BCUT2D eigenvalue weighted by molar-refractivity contribution is -0.127. The highest BCUT2D eigenvalue weighted by Gasteiger charge is 2.24. The minimum Gasteiger partial charge on any atom is -0.377 e. The van der Waals surface area contributed by atoms with E-state index in [9.17, 15) is 4.79 Å². The minimum atomic E-state index is 0.0614. The number of piperazine rings is 1. The highest BCUT2D eigenvalue weighted by molar-refractivity contribution is 7.13. The van der Waals surface area contributed by atoms with Gasteiger partial charge in [0.1, 0.15) is 5.69 Å². The summed E-state index contributed by atoms with van der Waals surface area (Å²) in [4.78, 5) is 18.3. The zero-order chi connectivity index (χ0) is 21.8. The van der Waals surface area contributed by atoms with Gasteiger partial charge in [-0.3, -0.25) is 9.69 Å². The van der Waals surface area contributed by atoms with E-state index in [1.165, 1.54) is 6.42 Å². The van der Waals surface area contributed by atoms with Crippen LogP contribution in [0.1, 0.15) is 18.4 Å². The molecule has 0 radical (unpaired) electrons. The predicted octanol–water partition coefficient (Wildman–Crippen LogP) is 3.94. The number of nitrogens with zero attached hydrogens (tertiary/aromatic N) is 4. The molecule has 2 saturated heterocycles. The molecule has 5 rings (SSSR count). The maximum Gasteiger partial charge on any atom is 0.246 e. The van der Waals surface area contributed by atoms with E-state index in [0.29, 0.717) is 6.10 Å². The number of benzene rings is 1. The standard InChI is InChI=1S/C25H28N4O2S/c30-24(28-14-12-27(13-15-28)19-22-8-4-16-31-22)11-10-20-18-29(21-6-2-1-3-7-21)26-25(20)23-9-5-17-32-23/h1-3,5-7,9-11,17-18,22H,4,8,12-16,19H2/b11-10+/t22-/m1/s1. The molecule has 2 aliphatic heterocycles. The first-order chi connectivity index (χ1) is 15.8. The highest BCUT2D eigenvalue weighted by atomic mass is 32.1. The van der Waals surface area contributed by atoms with Gasteiger partial charge in [-0.2, -0.15) is 5.10 Å². The molecule has 0 aliphatic carbocycles. The van der Waals surface area contributed by atoms with E-state index in [1.54, 1.807) is 17.4 Å². The monoisotopic (exact) mass is 448 g/mol. The summed E-state index contributed by atoms with van der Waals surface area (Å²) in [5, 5.41) is 6.85. The molecule has 2 aliphatic rings. The van der Waals surface area contributed by atoms with E-state index in [2.05, 4.69) is 11.0 Å². The van der Waals surface area contributed by atoms with Crippen molar-refractivity contribution >= 4 is 23.3 Å². The molecule has 2 aromatic heterocycles. The van der Waals surface area contributed by atoms with Crippen molar-refractivity contribution in [3.8, 4) is 16.3 Å². The summed E-state index contributed by atoms with van der Waals surface area (Å²) < 4.78 is 7.63. The predicted molar refractivity (Wildman–Crippen MR) is 128 cm³/mol. The summed E-state index contributed by atoms with van der Waals surface area (Å²) in [6, 6.07) is 14.1. The molecule has 3 aromatic rings. The Morgan fingerprint density at radius 2 is 1.97 bits per heavy atom. The molecule has 1 amide bonds. The Balaban J connectivity index is 1.26. The van der Waals surface area contributed by atoms with Gasteiger partial charge in [0.15, 0.2) is 0 Å². The van der Waals surface area contributed by atoms with E-state index in [0.717, 1.165) is 67.6 Å². The van der Waals surface area contributed by atoms with Crippen LogP contribution < -0.4 is 0 Å². The summed E-state index contributed by atoms with van der Waals surface area (Å²) in [5.41, 5.74) is 2.84. The van der Waals surface area contributed by atoms with Crippen LogP contribution in [0.15, 0.2) is 60.1 Å². The van der Waals surface area contributed by atoms with Gasteiger partial charge in [-0.25, -0.2) is 4.68 Å². The van der Waals surface area contributed by atoms with Crippen molar-refractivity contribution < 1.29 is 9.53 Å². The average molecular weight is 449 g/mol. The van der Waals surface area contributed by atoms with E-state index < -0.39 is 0 Å². The molecule has 2 fully saturated rings. The van der Waals surface area contributed by atoms with Gasteiger partial charge in [0.25, 0.3) is 0 Å². The highest BCUT2D eigenvalue weighted by Crippen LogP contribution is 2.28. The molecule has 6 nitrogen and oxygen atoms in total. The normalized spacial score (nSPS) is 19.8. The van der Waals surface area contributed by atoms with E-state index in [4.69, 9.17) is 9.84 Å². The molecule has 0 N–H and O–H groups in total. The first kappa shape index (κ1) is 21.1. The van der Waals surface area contributed by atoms with Crippen LogP contribution in [0.5, 0.6) is 0 Å². The van der Waals surface area contributed by atoms with Crippen LogP contribution in [0.2, 0.25) is 0 Å². The van der Waals surface area contributed by atoms with Crippen LogP contribution in [0.4, 0.5) is 0 Å². The lowest BCUT2D eigenvalue weighted by atomic mass is 10.2. The van der Waals surface area contributed by atoms with E-state index in [1.807, 2.05) is 63.6 Å². The molecule has 1 atom stereocenters. The van der Waals surface area contributed by atoms with Crippen LogP contribution in [0, 0.1) is 0 Å². The number of rotatable bonds is 6. The Labute approximate surface area is 192 Å². The molecule has 7 heteroatoms. The van der Waals surface area contributed by atoms with Crippen LogP contribution in [-0.2, 0) is 9.53 Å². The fraction of sp³-hybridized carbons (Fsp3) is 0.360.